The maximum absolute atomic E-state index is 12.2. The van der Waals surface area contributed by atoms with E-state index in [2.05, 4.69) is 25.9 Å². The summed E-state index contributed by atoms with van der Waals surface area (Å²) in [6.45, 7) is 0. The van der Waals surface area contributed by atoms with Crippen LogP contribution in [0.4, 0.5) is 17.2 Å². The van der Waals surface area contributed by atoms with Crippen LogP contribution in [-0.4, -0.2) is 52.1 Å². The highest BCUT2D eigenvalue weighted by Gasteiger charge is 2.31. The lowest BCUT2D eigenvalue weighted by Crippen LogP contribution is -2.20. The molecule has 3 aromatic rings. The second kappa shape index (κ2) is 9.94. The number of primary amides is 1. The summed E-state index contributed by atoms with van der Waals surface area (Å²) in [4.78, 5) is 24.2. The molecule has 0 spiro atoms. The van der Waals surface area contributed by atoms with Gasteiger partial charge in [-0.15, -0.1) is 10.2 Å². The molecule has 2 fully saturated rings. The zero-order valence-electron chi connectivity index (χ0n) is 20.2. The lowest BCUT2D eigenvalue weighted by molar-refractivity contribution is -0.117. The van der Waals surface area contributed by atoms with Crippen molar-refractivity contribution in [1.82, 2.24) is 20.0 Å². The molecule has 5 rings (SSSR count). The van der Waals surface area contributed by atoms with Crippen LogP contribution in [0.5, 0.6) is 5.75 Å². The Kier molecular flexibility index (Phi) is 6.55. The van der Waals surface area contributed by atoms with Crippen LogP contribution in [0.3, 0.4) is 0 Å². The highest BCUT2D eigenvalue weighted by atomic mass is 16.5. The molecule has 2 aromatic heterocycles. The van der Waals surface area contributed by atoms with E-state index in [0.717, 1.165) is 43.2 Å². The maximum atomic E-state index is 12.2. The second-order valence-electron chi connectivity index (χ2n) is 9.11. The van der Waals surface area contributed by atoms with Crippen molar-refractivity contribution in [2.45, 2.75) is 44.2 Å². The van der Waals surface area contributed by atoms with Crippen molar-refractivity contribution in [1.29, 1.82) is 0 Å². The van der Waals surface area contributed by atoms with Crippen LogP contribution in [0.1, 0.15) is 48.6 Å². The van der Waals surface area contributed by atoms with Crippen molar-refractivity contribution in [2.24, 2.45) is 11.7 Å². The SMILES string of the molecule is COc1c(Nc2cc(NC(=O)C3CC3)nnc2C(N)=O)cccc1-c1cnn(C2CCCC2OC)c1. The van der Waals surface area contributed by atoms with E-state index < -0.39 is 5.91 Å². The highest BCUT2D eigenvalue weighted by molar-refractivity contribution is 5.99. The van der Waals surface area contributed by atoms with Gasteiger partial charge in [0.1, 0.15) is 5.75 Å². The summed E-state index contributed by atoms with van der Waals surface area (Å²) in [5, 5.41) is 18.4. The van der Waals surface area contributed by atoms with Gasteiger partial charge in [0, 0.05) is 36.4 Å². The minimum atomic E-state index is -0.745. The third-order valence-corrected chi connectivity index (χ3v) is 6.69. The normalized spacial score (nSPS) is 19.2. The summed E-state index contributed by atoms with van der Waals surface area (Å²) in [6.07, 6.45) is 8.81. The van der Waals surface area contributed by atoms with E-state index in [9.17, 15) is 9.59 Å². The summed E-state index contributed by atoms with van der Waals surface area (Å²) >= 11 is 0. The number of nitrogens with one attached hydrogen (secondary N) is 2. The Labute approximate surface area is 208 Å². The summed E-state index contributed by atoms with van der Waals surface area (Å²) in [5.74, 6) is -0.0647. The van der Waals surface area contributed by atoms with Crippen LogP contribution in [-0.2, 0) is 9.53 Å². The van der Waals surface area contributed by atoms with Crippen molar-refractivity contribution >= 4 is 29.0 Å². The van der Waals surface area contributed by atoms with E-state index in [1.165, 1.54) is 0 Å². The van der Waals surface area contributed by atoms with Gasteiger partial charge in [-0.05, 0) is 38.2 Å². The van der Waals surface area contributed by atoms with Gasteiger partial charge in [0.25, 0.3) is 5.91 Å². The molecule has 2 atom stereocenters. The molecular weight excluding hydrogens is 462 g/mol. The topological polar surface area (TPSA) is 146 Å². The summed E-state index contributed by atoms with van der Waals surface area (Å²) in [7, 11) is 3.32. The minimum absolute atomic E-state index is 0.000110. The van der Waals surface area contributed by atoms with E-state index >= 15 is 0 Å². The van der Waals surface area contributed by atoms with E-state index in [4.69, 9.17) is 15.2 Å². The number of methoxy groups -OCH3 is 2. The number of hydrogen-bond acceptors (Lipinski definition) is 8. The zero-order chi connectivity index (χ0) is 25.2. The second-order valence-corrected chi connectivity index (χ2v) is 9.11. The van der Waals surface area contributed by atoms with Crippen molar-refractivity contribution in [3.63, 3.8) is 0 Å². The number of carbonyl (C=O) groups is 2. The largest absolute Gasteiger partial charge is 0.494 e. The van der Waals surface area contributed by atoms with Crippen LogP contribution in [0.15, 0.2) is 36.7 Å². The first kappa shape index (κ1) is 23.7. The molecule has 2 amide bonds. The first-order valence-corrected chi connectivity index (χ1v) is 12.0. The quantitative estimate of drug-likeness (QED) is 0.413. The number of carbonyl (C=O) groups excluding carboxylic acids is 2. The third kappa shape index (κ3) is 4.74. The Bertz CT molecular complexity index is 1290. The Morgan fingerprint density at radius 2 is 1.94 bits per heavy atom. The fourth-order valence-corrected chi connectivity index (χ4v) is 4.67. The van der Waals surface area contributed by atoms with Gasteiger partial charge in [0.15, 0.2) is 11.5 Å². The van der Waals surface area contributed by atoms with Gasteiger partial charge < -0.3 is 25.8 Å². The summed E-state index contributed by atoms with van der Waals surface area (Å²) in [5.41, 5.74) is 8.09. The minimum Gasteiger partial charge on any atom is -0.494 e. The molecule has 2 unspecified atom stereocenters. The van der Waals surface area contributed by atoms with Crippen LogP contribution in [0.2, 0.25) is 0 Å². The fraction of sp³-hybridized carbons (Fsp3) is 0.400. The lowest BCUT2D eigenvalue weighted by Gasteiger charge is -2.18. The molecule has 2 aliphatic rings. The van der Waals surface area contributed by atoms with Crippen LogP contribution in [0.25, 0.3) is 11.1 Å². The molecule has 0 aliphatic heterocycles. The molecule has 0 bridgehead atoms. The molecule has 2 aliphatic carbocycles. The third-order valence-electron chi connectivity index (χ3n) is 6.69. The molecule has 36 heavy (non-hydrogen) atoms. The first-order valence-electron chi connectivity index (χ1n) is 12.0. The Morgan fingerprint density at radius 3 is 2.67 bits per heavy atom. The average molecular weight is 492 g/mol. The van der Waals surface area contributed by atoms with E-state index in [-0.39, 0.29) is 35.5 Å². The number of hydrogen-bond donors (Lipinski definition) is 3. The molecular formula is C25H29N7O4. The molecule has 1 aromatic carbocycles. The molecule has 0 saturated heterocycles. The number of amides is 2. The van der Waals surface area contributed by atoms with Crippen molar-refractivity contribution in [3.05, 3.63) is 42.4 Å². The number of ether oxygens (including phenoxy) is 2. The Morgan fingerprint density at radius 1 is 1.11 bits per heavy atom. The van der Waals surface area contributed by atoms with Crippen LogP contribution in [0, 0.1) is 5.92 Å². The summed E-state index contributed by atoms with van der Waals surface area (Å²) in [6, 6.07) is 7.37. The number of nitrogens with two attached hydrogens (primary N) is 1. The van der Waals surface area contributed by atoms with Crippen molar-refractivity contribution < 1.29 is 19.1 Å². The average Bonchev–Trinajstić information content (AvgIpc) is 3.42. The molecule has 4 N–H and O–H groups in total. The number of para-hydroxylation sites is 1. The highest BCUT2D eigenvalue weighted by Crippen LogP contribution is 2.40. The van der Waals surface area contributed by atoms with E-state index in [1.54, 1.807) is 26.5 Å². The van der Waals surface area contributed by atoms with Gasteiger partial charge in [-0.3, -0.25) is 14.3 Å². The number of anilines is 3. The standard InChI is InChI=1S/C25H29N7O4/c1-35-20-8-4-7-19(20)32-13-15(12-27-32)16-5-3-6-17(23(16)36-2)28-18-11-21(29-25(34)14-9-10-14)30-31-22(18)24(26)33/h3,5-6,11-14,19-20H,4,7-10H2,1-2H3,(H2,26,33)(H2,28,29,30,34). The van der Waals surface area contributed by atoms with Crippen molar-refractivity contribution in [2.75, 3.05) is 24.9 Å². The fourth-order valence-electron chi connectivity index (χ4n) is 4.67. The maximum Gasteiger partial charge on any atom is 0.271 e. The number of aromatic nitrogens is 4. The van der Waals surface area contributed by atoms with Crippen LogP contribution >= 0.6 is 0 Å². The first-order chi connectivity index (χ1) is 17.5. The number of benzene rings is 1. The molecule has 2 heterocycles. The smallest absolute Gasteiger partial charge is 0.271 e. The molecule has 11 heteroatoms. The van der Waals surface area contributed by atoms with Crippen molar-refractivity contribution in [3.8, 4) is 16.9 Å². The van der Waals surface area contributed by atoms with Gasteiger partial charge in [0.2, 0.25) is 5.91 Å². The number of rotatable bonds is 9. The molecule has 0 radical (unpaired) electrons. The zero-order valence-corrected chi connectivity index (χ0v) is 20.2. The number of nitrogens with zero attached hydrogens (tertiary/aromatic N) is 4. The van der Waals surface area contributed by atoms with E-state index in [0.29, 0.717) is 17.1 Å². The van der Waals surface area contributed by atoms with Gasteiger partial charge in [0.05, 0.1) is 36.8 Å². The van der Waals surface area contributed by atoms with Crippen LogP contribution < -0.4 is 21.1 Å². The predicted octanol–water partition coefficient (Wildman–Crippen LogP) is 3.28. The van der Waals surface area contributed by atoms with Gasteiger partial charge >= 0.3 is 0 Å². The lowest BCUT2D eigenvalue weighted by atomic mass is 10.1. The Balaban J connectivity index is 1.45. The van der Waals surface area contributed by atoms with Gasteiger partial charge in [-0.2, -0.15) is 5.10 Å². The molecule has 188 valence electrons. The summed E-state index contributed by atoms with van der Waals surface area (Å²) < 4.78 is 13.4. The predicted molar refractivity (Wildman–Crippen MR) is 133 cm³/mol. The van der Waals surface area contributed by atoms with Gasteiger partial charge in [-0.25, -0.2) is 0 Å². The molecule has 11 nitrogen and oxygen atoms in total. The monoisotopic (exact) mass is 491 g/mol. The van der Waals surface area contributed by atoms with E-state index in [1.807, 2.05) is 29.1 Å². The molecule has 2 saturated carbocycles. The Hall–Kier alpha value is -3.99. The van der Waals surface area contributed by atoms with Gasteiger partial charge in [-0.1, -0.05) is 12.1 Å².